The van der Waals surface area contributed by atoms with Gasteiger partial charge in [-0.2, -0.15) is 5.10 Å². The molecule has 0 radical (unpaired) electrons. The van der Waals surface area contributed by atoms with Gasteiger partial charge in [0.05, 0.1) is 17.9 Å². The lowest BCUT2D eigenvalue weighted by Crippen LogP contribution is -2.54. The zero-order chi connectivity index (χ0) is 25.4. The van der Waals surface area contributed by atoms with Gasteiger partial charge in [-0.1, -0.05) is 29.3 Å². The number of aromatic nitrogens is 4. The summed E-state index contributed by atoms with van der Waals surface area (Å²) >= 11 is 12.6. The molecule has 0 saturated carbocycles. The van der Waals surface area contributed by atoms with Gasteiger partial charge in [-0.05, 0) is 69.7 Å². The first-order valence-corrected chi connectivity index (χ1v) is 13.6. The maximum atomic E-state index is 9.44. The highest BCUT2D eigenvalue weighted by molar-refractivity contribution is 6.35. The van der Waals surface area contributed by atoms with Gasteiger partial charge in [-0.25, -0.2) is 14.6 Å². The van der Waals surface area contributed by atoms with Gasteiger partial charge in [-0.3, -0.25) is 5.32 Å². The number of halogens is 2. The third-order valence-corrected chi connectivity index (χ3v) is 8.21. The van der Waals surface area contributed by atoms with E-state index < -0.39 is 6.23 Å². The van der Waals surface area contributed by atoms with E-state index in [0.717, 1.165) is 67.5 Å². The molecule has 2 saturated heterocycles. The van der Waals surface area contributed by atoms with Crippen LogP contribution in [0.1, 0.15) is 44.0 Å². The van der Waals surface area contributed by atoms with E-state index in [2.05, 4.69) is 22.0 Å². The fraction of sp³-hybridized carbons (Fsp3) is 0.577. The van der Waals surface area contributed by atoms with Crippen LogP contribution in [0, 0.1) is 18.8 Å². The molecule has 2 N–H and O–H groups in total. The predicted octanol–water partition coefficient (Wildman–Crippen LogP) is 4.13. The van der Waals surface area contributed by atoms with Gasteiger partial charge in [0, 0.05) is 42.8 Å². The summed E-state index contributed by atoms with van der Waals surface area (Å²) in [5.74, 6) is 2.29. The SMILES string of the molecule is Cc1nn([C@H](C)c2ccc(Cl)cc2Cl)c2nc(N3CC([C@H]4CCCN(CCNC(C)O)C4)C3)cnc12. The minimum Gasteiger partial charge on any atom is -0.379 e. The molecule has 3 atom stereocenters. The van der Waals surface area contributed by atoms with Crippen molar-refractivity contribution in [2.45, 2.75) is 45.9 Å². The zero-order valence-corrected chi connectivity index (χ0v) is 22.7. The highest BCUT2D eigenvalue weighted by atomic mass is 35.5. The molecule has 0 bridgehead atoms. The Labute approximate surface area is 222 Å². The van der Waals surface area contributed by atoms with Crippen LogP contribution in [-0.4, -0.2) is 75.3 Å². The van der Waals surface area contributed by atoms with Crippen molar-refractivity contribution in [1.82, 2.24) is 30.0 Å². The number of hydrogen-bond acceptors (Lipinski definition) is 7. The number of rotatable bonds is 8. The number of hydrogen-bond donors (Lipinski definition) is 2. The Hall–Kier alpha value is -1.97. The normalized spacial score (nSPS) is 21.1. The molecule has 0 spiro atoms. The fourth-order valence-corrected chi connectivity index (χ4v) is 6.11. The van der Waals surface area contributed by atoms with E-state index in [9.17, 15) is 5.11 Å². The highest BCUT2D eigenvalue weighted by Crippen LogP contribution is 2.35. The lowest BCUT2D eigenvalue weighted by atomic mass is 9.80. The largest absolute Gasteiger partial charge is 0.379 e. The number of likely N-dealkylation sites (tertiary alicyclic amines) is 1. The Kier molecular flexibility index (Phi) is 7.70. The van der Waals surface area contributed by atoms with Crippen molar-refractivity contribution < 1.29 is 5.11 Å². The Morgan fingerprint density at radius 1 is 1.17 bits per heavy atom. The Morgan fingerprint density at radius 2 is 1.97 bits per heavy atom. The maximum Gasteiger partial charge on any atom is 0.179 e. The first-order valence-electron chi connectivity index (χ1n) is 12.9. The number of piperidine rings is 1. The monoisotopic (exact) mass is 531 g/mol. The molecule has 2 aromatic heterocycles. The van der Waals surface area contributed by atoms with Gasteiger partial charge in [0.2, 0.25) is 0 Å². The van der Waals surface area contributed by atoms with Crippen molar-refractivity contribution in [1.29, 1.82) is 0 Å². The molecule has 4 heterocycles. The summed E-state index contributed by atoms with van der Waals surface area (Å²) in [4.78, 5) is 14.6. The van der Waals surface area contributed by atoms with Crippen LogP contribution >= 0.6 is 23.2 Å². The first kappa shape index (κ1) is 25.7. The van der Waals surface area contributed by atoms with E-state index in [4.69, 9.17) is 38.3 Å². The molecule has 1 aromatic carbocycles. The minimum absolute atomic E-state index is 0.101. The molecule has 3 aromatic rings. The molecule has 194 valence electrons. The number of fused-ring (bicyclic) bond motifs is 1. The Morgan fingerprint density at radius 3 is 2.72 bits per heavy atom. The lowest BCUT2D eigenvalue weighted by molar-refractivity contribution is 0.108. The number of nitrogens with zero attached hydrogens (tertiary/aromatic N) is 6. The van der Waals surface area contributed by atoms with Crippen LogP contribution in [-0.2, 0) is 0 Å². The van der Waals surface area contributed by atoms with Crippen molar-refractivity contribution in [3.8, 4) is 0 Å². The third kappa shape index (κ3) is 5.34. The second-order valence-electron chi connectivity index (χ2n) is 10.3. The summed E-state index contributed by atoms with van der Waals surface area (Å²) in [5.41, 5.74) is 3.41. The van der Waals surface area contributed by atoms with Gasteiger partial charge in [0.25, 0.3) is 0 Å². The van der Waals surface area contributed by atoms with Gasteiger partial charge >= 0.3 is 0 Å². The Balaban J connectivity index is 1.27. The van der Waals surface area contributed by atoms with Crippen molar-refractivity contribution in [2.24, 2.45) is 11.8 Å². The quantitative estimate of drug-likeness (QED) is 0.423. The molecular weight excluding hydrogens is 497 g/mol. The Bertz CT molecular complexity index is 1210. The molecule has 36 heavy (non-hydrogen) atoms. The molecule has 2 aliphatic heterocycles. The summed E-state index contributed by atoms with van der Waals surface area (Å²) in [7, 11) is 0. The number of aliphatic hydroxyl groups is 1. The number of benzene rings is 1. The van der Waals surface area contributed by atoms with Crippen LogP contribution in [0.25, 0.3) is 11.2 Å². The van der Waals surface area contributed by atoms with Crippen molar-refractivity contribution in [3.05, 3.63) is 45.7 Å². The summed E-state index contributed by atoms with van der Waals surface area (Å²) in [6, 6.07) is 5.46. The zero-order valence-electron chi connectivity index (χ0n) is 21.2. The number of aryl methyl sites for hydroxylation is 1. The number of anilines is 1. The van der Waals surface area contributed by atoms with Gasteiger partial charge in [0.1, 0.15) is 17.6 Å². The predicted molar refractivity (Wildman–Crippen MR) is 145 cm³/mol. The van der Waals surface area contributed by atoms with Crippen LogP contribution in [0.2, 0.25) is 10.0 Å². The van der Waals surface area contributed by atoms with E-state index in [0.29, 0.717) is 21.9 Å². The fourth-order valence-electron chi connectivity index (χ4n) is 5.54. The molecule has 10 heteroatoms. The van der Waals surface area contributed by atoms with Crippen LogP contribution < -0.4 is 10.2 Å². The topological polar surface area (TPSA) is 82.3 Å². The molecule has 2 aliphatic rings. The van der Waals surface area contributed by atoms with Crippen molar-refractivity contribution >= 4 is 40.2 Å². The third-order valence-electron chi connectivity index (χ3n) is 7.65. The molecular formula is C26H35Cl2N7O. The molecule has 2 fully saturated rings. The standard InChI is InChI=1S/C26H35Cl2N7O/c1-16-25-26(35(32-16)17(2)22-7-6-21(27)11-23(22)28)31-24(12-30-25)34-14-20(15-34)19-5-4-9-33(13-19)10-8-29-18(3)36/h6-7,11-12,17-20,29,36H,4-5,8-10,13-15H2,1-3H3/t17-,18?,19+/m1/s1. The summed E-state index contributed by atoms with van der Waals surface area (Å²) in [5, 5.41) is 18.5. The van der Waals surface area contributed by atoms with Crippen LogP contribution in [0.4, 0.5) is 5.82 Å². The average Bonchev–Trinajstić information content (AvgIpc) is 3.14. The summed E-state index contributed by atoms with van der Waals surface area (Å²) in [6.07, 6.45) is 3.96. The number of nitrogens with one attached hydrogen (secondary N) is 1. The van der Waals surface area contributed by atoms with E-state index in [-0.39, 0.29) is 6.04 Å². The molecule has 5 rings (SSSR count). The van der Waals surface area contributed by atoms with Gasteiger partial charge < -0.3 is 14.9 Å². The van der Waals surface area contributed by atoms with E-state index in [1.807, 2.05) is 29.9 Å². The average molecular weight is 533 g/mol. The second kappa shape index (κ2) is 10.8. The van der Waals surface area contributed by atoms with E-state index >= 15 is 0 Å². The summed E-state index contributed by atoms with van der Waals surface area (Å²) in [6.45, 7) is 11.9. The van der Waals surface area contributed by atoms with Crippen LogP contribution in [0.5, 0.6) is 0 Å². The second-order valence-corrected chi connectivity index (χ2v) is 11.1. The van der Waals surface area contributed by atoms with E-state index in [1.165, 1.54) is 12.8 Å². The first-order chi connectivity index (χ1) is 17.3. The van der Waals surface area contributed by atoms with Crippen molar-refractivity contribution in [2.75, 3.05) is 44.2 Å². The summed E-state index contributed by atoms with van der Waals surface area (Å²) < 4.78 is 1.92. The maximum absolute atomic E-state index is 9.44. The van der Waals surface area contributed by atoms with E-state index in [1.54, 1.807) is 13.0 Å². The van der Waals surface area contributed by atoms with Crippen LogP contribution in [0.15, 0.2) is 24.4 Å². The number of aliphatic hydroxyl groups excluding tert-OH is 1. The minimum atomic E-state index is -0.449. The van der Waals surface area contributed by atoms with Gasteiger partial charge in [0.15, 0.2) is 5.65 Å². The molecule has 1 unspecified atom stereocenters. The molecule has 8 nitrogen and oxygen atoms in total. The highest BCUT2D eigenvalue weighted by Gasteiger charge is 2.36. The molecule has 0 aliphatic carbocycles. The van der Waals surface area contributed by atoms with Crippen LogP contribution in [0.3, 0.4) is 0 Å². The molecule has 0 amide bonds. The van der Waals surface area contributed by atoms with Gasteiger partial charge in [-0.15, -0.1) is 0 Å². The van der Waals surface area contributed by atoms with Crippen molar-refractivity contribution in [3.63, 3.8) is 0 Å². The smallest absolute Gasteiger partial charge is 0.179 e. The lowest BCUT2D eigenvalue weighted by Gasteiger charge is -2.47.